The van der Waals surface area contributed by atoms with Gasteiger partial charge in [0.2, 0.25) is 5.91 Å². The fourth-order valence-corrected chi connectivity index (χ4v) is 4.47. The first-order valence-corrected chi connectivity index (χ1v) is 10.1. The van der Waals surface area contributed by atoms with Crippen LogP contribution in [0, 0.1) is 0 Å². The van der Waals surface area contributed by atoms with Gasteiger partial charge in [-0.25, -0.2) is 0 Å². The highest BCUT2D eigenvalue weighted by atomic mass is 32.2. The molecule has 0 saturated carbocycles. The lowest BCUT2D eigenvalue weighted by Crippen LogP contribution is -2.34. The number of thioether (sulfide) groups is 1. The molecule has 0 bridgehead atoms. The second-order valence-electron chi connectivity index (χ2n) is 6.72. The number of carbonyl (C=O) groups excluding carboxylic acids is 1. The van der Waals surface area contributed by atoms with E-state index < -0.39 is 0 Å². The van der Waals surface area contributed by atoms with Gasteiger partial charge in [-0.05, 0) is 42.5 Å². The number of aromatic nitrogens is 3. The van der Waals surface area contributed by atoms with Crippen LogP contribution in [0.3, 0.4) is 0 Å². The Bertz CT molecular complexity index is 925. The monoisotopic (exact) mass is 378 g/mol. The summed E-state index contributed by atoms with van der Waals surface area (Å²) in [6, 6.07) is 18.6. The Balaban J connectivity index is 1.45. The number of benzene rings is 2. The van der Waals surface area contributed by atoms with Crippen molar-refractivity contribution < 1.29 is 4.79 Å². The third kappa shape index (κ3) is 3.76. The predicted molar refractivity (Wildman–Crippen MR) is 107 cm³/mol. The molecule has 0 unspecified atom stereocenters. The Morgan fingerprint density at radius 1 is 1.19 bits per heavy atom. The lowest BCUT2D eigenvalue weighted by Gasteiger charge is -2.33. The molecule has 6 heteroatoms. The van der Waals surface area contributed by atoms with Crippen molar-refractivity contribution in [2.45, 2.75) is 30.5 Å². The van der Waals surface area contributed by atoms with E-state index in [1.807, 2.05) is 46.8 Å². The molecule has 1 atom stereocenters. The molecule has 0 radical (unpaired) electrons. The van der Waals surface area contributed by atoms with Crippen molar-refractivity contribution >= 4 is 17.7 Å². The van der Waals surface area contributed by atoms with E-state index in [4.69, 9.17) is 0 Å². The number of hydrogen-bond donors (Lipinski definition) is 0. The van der Waals surface area contributed by atoms with Gasteiger partial charge in [0, 0.05) is 12.7 Å². The Kier molecular flexibility index (Phi) is 5.25. The van der Waals surface area contributed by atoms with Gasteiger partial charge < -0.3 is 4.90 Å². The van der Waals surface area contributed by atoms with E-state index >= 15 is 0 Å². The molecule has 3 aromatic rings. The molecule has 1 heterocycles. The number of carbonyl (C=O) groups is 1. The number of hydrogen-bond acceptors (Lipinski definition) is 4. The van der Waals surface area contributed by atoms with Crippen LogP contribution in [0.25, 0.3) is 5.69 Å². The maximum absolute atomic E-state index is 12.8. The van der Waals surface area contributed by atoms with Crippen molar-refractivity contribution in [1.29, 1.82) is 0 Å². The number of para-hydroxylation sites is 1. The average Bonchev–Trinajstić information content (AvgIpc) is 3.20. The molecule has 138 valence electrons. The minimum atomic E-state index is 0.115. The summed E-state index contributed by atoms with van der Waals surface area (Å²) in [6.07, 6.45) is 4.92. The SMILES string of the molecule is CN(C(=O)CSc1nncn1-c1ccccc1)[C@@H]1CCCc2ccccc21. The van der Waals surface area contributed by atoms with E-state index in [0.29, 0.717) is 5.75 Å². The van der Waals surface area contributed by atoms with Gasteiger partial charge in [-0.15, -0.1) is 10.2 Å². The predicted octanol–water partition coefficient (Wildman–Crippen LogP) is 3.90. The van der Waals surface area contributed by atoms with E-state index in [0.717, 1.165) is 30.1 Å². The first-order valence-electron chi connectivity index (χ1n) is 9.16. The Hall–Kier alpha value is -2.60. The molecule has 1 aliphatic rings. The maximum atomic E-state index is 12.8. The second kappa shape index (κ2) is 7.96. The third-order valence-electron chi connectivity index (χ3n) is 5.07. The van der Waals surface area contributed by atoms with Gasteiger partial charge in [0.05, 0.1) is 11.8 Å². The van der Waals surface area contributed by atoms with Crippen molar-refractivity contribution in [3.8, 4) is 5.69 Å². The van der Waals surface area contributed by atoms with Crippen LogP contribution in [-0.2, 0) is 11.2 Å². The fraction of sp³-hybridized carbons (Fsp3) is 0.286. The van der Waals surface area contributed by atoms with Crippen LogP contribution >= 0.6 is 11.8 Å². The molecule has 1 aliphatic carbocycles. The molecule has 4 rings (SSSR count). The summed E-state index contributed by atoms with van der Waals surface area (Å²) >= 11 is 1.43. The van der Waals surface area contributed by atoms with Crippen molar-refractivity contribution in [2.24, 2.45) is 0 Å². The zero-order valence-corrected chi connectivity index (χ0v) is 16.1. The van der Waals surface area contributed by atoms with E-state index in [1.165, 1.54) is 22.9 Å². The molecular formula is C21H22N4OS. The zero-order chi connectivity index (χ0) is 18.6. The summed E-state index contributed by atoms with van der Waals surface area (Å²) in [6.45, 7) is 0. The number of aryl methyl sites for hydroxylation is 1. The quantitative estimate of drug-likeness (QED) is 0.632. The molecule has 1 amide bonds. The normalized spacial score (nSPS) is 16.0. The fourth-order valence-electron chi connectivity index (χ4n) is 3.62. The molecule has 0 saturated heterocycles. The molecule has 5 nitrogen and oxygen atoms in total. The molecule has 27 heavy (non-hydrogen) atoms. The summed E-state index contributed by atoms with van der Waals surface area (Å²) in [5.41, 5.74) is 3.65. The van der Waals surface area contributed by atoms with Crippen LogP contribution in [0.1, 0.15) is 30.0 Å². The Morgan fingerprint density at radius 2 is 1.96 bits per heavy atom. The first kappa shape index (κ1) is 17.8. The zero-order valence-electron chi connectivity index (χ0n) is 15.3. The lowest BCUT2D eigenvalue weighted by molar-refractivity contribution is -0.129. The van der Waals surface area contributed by atoms with E-state index in [2.05, 4.69) is 34.5 Å². The van der Waals surface area contributed by atoms with E-state index in [-0.39, 0.29) is 11.9 Å². The van der Waals surface area contributed by atoms with Crippen LogP contribution in [0.4, 0.5) is 0 Å². The van der Waals surface area contributed by atoms with Crippen LogP contribution in [0.5, 0.6) is 0 Å². The van der Waals surface area contributed by atoms with Gasteiger partial charge >= 0.3 is 0 Å². The van der Waals surface area contributed by atoms with Gasteiger partial charge in [0.1, 0.15) is 6.33 Å². The van der Waals surface area contributed by atoms with Crippen molar-refractivity contribution in [1.82, 2.24) is 19.7 Å². The summed E-state index contributed by atoms with van der Waals surface area (Å²) < 4.78 is 1.91. The molecule has 0 aliphatic heterocycles. The van der Waals surface area contributed by atoms with Crippen LogP contribution in [0.2, 0.25) is 0 Å². The van der Waals surface area contributed by atoms with Gasteiger partial charge in [0.15, 0.2) is 5.16 Å². The van der Waals surface area contributed by atoms with E-state index in [9.17, 15) is 4.79 Å². The van der Waals surface area contributed by atoms with Gasteiger partial charge in [-0.1, -0.05) is 54.2 Å². The molecular weight excluding hydrogens is 356 g/mol. The van der Waals surface area contributed by atoms with Crippen LogP contribution in [0.15, 0.2) is 66.1 Å². The highest BCUT2D eigenvalue weighted by Crippen LogP contribution is 2.34. The molecule has 0 N–H and O–H groups in total. The third-order valence-corrected chi connectivity index (χ3v) is 6.00. The van der Waals surface area contributed by atoms with Crippen molar-refractivity contribution in [3.05, 3.63) is 72.1 Å². The highest BCUT2D eigenvalue weighted by molar-refractivity contribution is 7.99. The van der Waals surface area contributed by atoms with Crippen molar-refractivity contribution in [3.63, 3.8) is 0 Å². The number of amides is 1. The van der Waals surface area contributed by atoms with E-state index in [1.54, 1.807) is 6.33 Å². The maximum Gasteiger partial charge on any atom is 0.233 e. The van der Waals surface area contributed by atoms with Crippen LogP contribution in [-0.4, -0.2) is 38.4 Å². The van der Waals surface area contributed by atoms with Crippen molar-refractivity contribution in [2.75, 3.05) is 12.8 Å². The summed E-state index contributed by atoms with van der Waals surface area (Å²) in [7, 11) is 1.91. The molecule has 2 aromatic carbocycles. The number of fused-ring (bicyclic) bond motifs is 1. The topological polar surface area (TPSA) is 51.0 Å². The number of rotatable bonds is 5. The smallest absolute Gasteiger partial charge is 0.233 e. The number of nitrogens with zero attached hydrogens (tertiary/aromatic N) is 4. The summed E-state index contributed by atoms with van der Waals surface area (Å²) in [5.74, 6) is 0.463. The highest BCUT2D eigenvalue weighted by Gasteiger charge is 2.26. The molecule has 1 aromatic heterocycles. The minimum absolute atomic E-state index is 0.115. The van der Waals surface area contributed by atoms with Crippen LogP contribution < -0.4 is 0 Å². The van der Waals surface area contributed by atoms with Gasteiger partial charge in [-0.3, -0.25) is 9.36 Å². The van der Waals surface area contributed by atoms with Gasteiger partial charge in [0.25, 0.3) is 0 Å². The average molecular weight is 379 g/mol. The summed E-state index contributed by atoms with van der Waals surface area (Å²) in [5, 5.41) is 8.91. The van der Waals surface area contributed by atoms with Gasteiger partial charge in [-0.2, -0.15) is 0 Å². The first-order chi connectivity index (χ1) is 13.2. The minimum Gasteiger partial charge on any atom is -0.338 e. The lowest BCUT2D eigenvalue weighted by atomic mass is 9.87. The Labute approximate surface area is 163 Å². The molecule has 0 fully saturated rings. The largest absolute Gasteiger partial charge is 0.338 e. The second-order valence-corrected chi connectivity index (χ2v) is 7.66. The Morgan fingerprint density at radius 3 is 2.81 bits per heavy atom. The summed E-state index contributed by atoms with van der Waals surface area (Å²) in [4.78, 5) is 14.7. The standard InChI is InChI=1S/C21H22N4OS/c1-24(19-13-7-9-16-8-5-6-12-18(16)19)20(26)14-27-21-23-22-15-25(21)17-10-3-2-4-11-17/h2-6,8,10-12,15,19H,7,9,13-14H2,1H3/t19-/m1/s1. The molecule has 0 spiro atoms.